The molecule has 11 heteroatoms. The summed E-state index contributed by atoms with van der Waals surface area (Å²) < 4.78 is 42.2. The molecule has 4 aromatic rings. The van der Waals surface area contributed by atoms with Gasteiger partial charge < -0.3 is 14.0 Å². The van der Waals surface area contributed by atoms with Crippen LogP contribution in [-0.2, 0) is 34.3 Å². The Morgan fingerprint density at radius 3 is 2.50 bits per heavy atom. The number of nitrogens with two attached hydrogens (primary N) is 1. The lowest BCUT2D eigenvalue weighted by molar-refractivity contribution is -0.129. The second-order valence-electron chi connectivity index (χ2n) is 8.59. The molecule has 0 atom stereocenters. The molecule has 0 unspecified atom stereocenters. The van der Waals surface area contributed by atoms with Crippen molar-refractivity contribution in [3.63, 3.8) is 0 Å². The van der Waals surface area contributed by atoms with Crippen LogP contribution >= 0.6 is 0 Å². The molecule has 2 aromatic heterocycles. The van der Waals surface area contributed by atoms with Crippen molar-refractivity contribution in [3.05, 3.63) is 82.3 Å². The Labute approximate surface area is 207 Å². The van der Waals surface area contributed by atoms with E-state index in [9.17, 15) is 18.0 Å². The van der Waals surface area contributed by atoms with Crippen LogP contribution in [0.25, 0.3) is 22.2 Å². The zero-order valence-electron chi connectivity index (χ0n) is 20.1. The number of sulfonamides is 1. The first-order chi connectivity index (χ1) is 17.0. The minimum absolute atomic E-state index is 0.0313. The minimum atomic E-state index is -4.00. The van der Waals surface area contributed by atoms with Gasteiger partial charge in [0.1, 0.15) is 23.7 Å². The first kappa shape index (κ1) is 25.3. The SMILES string of the molecule is CCc1nc2ccn(CC(=O)N(C)C)c(=O)c2n1Cc1ccc(-c2ccccc2S(N)(=O)=O)cc1F. The van der Waals surface area contributed by atoms with Crippen LogP contribution in [0.5, 0.6) is 0 Å². The molecule has 0 saturated carbocycles. The van der Waals surface area contributed by atoms with E-state index >= 15 is 4.39 Å². The quantitative estimate of drug-likeness (QED) is 0.408. The molecule has 2 aromatic carbocycles. The van der Waals surface area contributed by atoms with Crippen LogP contribution in [0.2, 0.25) is 0 Å². The van der Waals surface area contributed by atoms with Crippen LogP contribution in [0.3, 0.4) is 0 Å². The lowest BCUT2D eigenvalue weighted by atomic mass is 10.0. The fraction of sp³-hybridized carbons (Fsp3) is 0.240. The number of benzene rings is 2. The highest BCUT2D eigenvalue weighted by Crippen LogP contribution is 2.28. The summed E-state index contributed by atoms with van der Waals surface area (Å²) in [5.41, 5.74) is 1.29. The number of hydrogen-bond donors (Lipinski definition) is 1. The van der Waals surface area contributed by atoms with Crippen molar-refractivity contribution in [2.24, 2.45) is 5.14 Å². The standard InChI is InChI=1S/C25H26FN5O4S/c1-4-22-28-20-11-12-30(15-23(32)29(2)3)25(33)24(20)31(22)14-17-10-9-16(13-19(17)26)18-7-5-6-8-21(18)36(27,34)35/h5-13H,4,14-15H2,1-3H3,(H2,27,34,35). The van der Waals surface area contributed by atoms with Gasteiger partial charge in [-0.3, -0.25) is 9.59 Å². The average molecular weight is 512 g/mol. The topological polar surface area (TPSA) is 120 Å². The van der Waals surface area contributed by atoms with Crippen molar-refractivity contribution in [2.75, 3.05) is 14.1 Å². The maximum absolute atomic E-state index is 15.3. The molecule has 2 heterocycles. The number of nitrogens with zero attached hydrogens (tertiary/aromatic N) is 4. The summed E-state index contributed by atoms with van der Waals surface area (Å²) >= 11 is 0. The van der Waals surface area contributed by atoms with E-state index in [1.165, 1.54) is 27.8 Å². The van der Waals surface area contributed by atoms with Gasteiger partial charge in [0.2, 0.25) is 15.9 Å². The van der Waals surface area contributed by atoms with Crippen LogP contribution in [0.1, 0.15) is 18.3 Å². The van der Waals surface area contributed by atoms with Gasteiger partial charge in [0.25, 0.3) is 5.56 Å². The summed E-state index contributed by atoms with van der Waals surface area (Å²) in [7, 11) is -0.780. The predicted octanol–water partition coefficient (Wildman–Crippen LogP) is 2.35. The van der Waals surface area contributed by atoms with E-state index in [1.54, 1.807) is 55.1 Å². The van der Waals surface area contributed by atoms with Crippen molar-refractivity contribution in [1.82, 2.24) is 19.0 Å². The largest absolute Gasteiger partial charge is 0.347 e. The van der Waals surface area contributed by atoms with Crippen molar-refractivity contribution >= 4 is 27.0 Å². The van der Waals surface area contributed by atoms with E-state index < -0.39 is 21.4 Å². The van der Waals surface area contributed by atoms with E-state index in [-0.39, 0.29) is 29.4 Å². The lowest BCUT2D eigenvalue weighted by Gasteiger charge is -2.13. The molecule has 188 valence electrons. The summed E-state index contributed by atoms with van der Waals surface area (Å²) in [6, 6.07) is 12.2. The Hall–Kier alpha value is -3.83. The van der Waals surface area contributed by atoms with Gasteiger partial charge in [-0.25, -0.2) is 22.9 Å². The van der Waals surface area contributed by atoms with E-state index in [2.05, 4.69) is 4.98 Å². The molecule has 0 spiro atoms. The highest BCUT2D eigenvalue weighted by molar-refractivity contribution is 7.89. The van der Waals surface area contributed by atoms with Crippen molar-refractivity contribution in [3.8, 4) is 11.1 Å². The normalized spacial score (nSPS) is 11.7. The van der Waals surface area contributed by atoms with Gasteiger partial charge >= 0.3 is 0 Å². The fourth-order valence-corrected chi connectivity index (χ4v) is 4.80. The lowest BCUT2D eigenvalue weighted by Crippen LogP contribution is -2.31. The van der Waals surface area contributed by atoms with Crippen molar-refractivity contribution in [1.29, 1.82) is 0 Å². The first-order valence-corrected chi connectivity index (χ1v) is 12.7. The van der Waals surface area contributed by atoms with Crippen LogP contribution < -0.4 is 10.7 Å². The monoisotopic (exact) mass is 511 g/mol. The molecule has 36 heavy (non-hydrogen) atoms. The van der Waals surface area contributed by atoms with E-state index in [0.717, 1.165) is 0 Å². The number of hydrogen-bond acceptors (Lipinski definition) is 5. The number of aryl methyl sites for hydroxylation is 1. The number of carbonyl (C=O) groups is 1. The third kappa shape index (κ3) is 4.79. The Balaban J connectivity index is 1.77. The number of rotatable bonds is 7. The number of carbonyl (C=O) groups excluding carboxylic acids is 1. The highest BCUT2D eigenvalue weighted by atomic mass is 32.2. The fourth-order valence-electron chi connectivity index (χ4n) is 4.04. The predicted molar refractivity (Wildman–Crippen MR) is 134 cm³/mol. The summed E-state index contributed by atoms with van der Waals surface area (Å²) in [5.74, 6) is -0.207. The molecule has 9 nitrogen and oxygen atoms in total. The number of fused-ring (bicyclic) bond motifs is 1. The number of amides is 1. The maximum Gasteiger partial charge on any atom is 0.277 e. The number of primary sulfonamides is 1. The zero-order chi connectivity index (χ0) is 26.2. The van der Waals surface area contributed by atoms with Gasteiger partial charge in [-0.1, -0.05) is 37.3 Å². The molecule has 2 N–H and O–H groups in total. The van der Waals surface area contributed by atoms with E-state index in [4.69, 9.17) is 5.14 Å². The van der Waals surface area contributed by atoms with E-state index in [1.807, 2.05) is 6.92 Å². The Morgan fingerprint density at radius 1 is 1.14 bits per heavy atom. The summed E-state index contributed by atoms with van der Waals surface area (Å²) in [4.78, 5) is 31.2. The van der Waals surface area contributed by atoms with E-state index in [0.29, 0.717) is 34.5 Å². The molecule has 1 amide bonds. The third-order valence-electron chi connectivity index (χ3n) is 5.96. The molecule has 0 radical (unpaired) electrons. The Kier molecular flexibility index (Phi) is 6.79. The van der Waals surface area contributed by atoms with Gasteiger partial charge in [-0.15, -0.1) is 0 Å². The van der Waals surface area contributed by atoms with Crippen molar-refractivity contribution in [2.45, 2.75) is 31.3 Å². The van der Waals surface area contributed by atoms with Crippen molar-refractivity contribution < 1.29 is 17.6 Å². The molecule has 0 aliphatic rings. The molecule has 0 fully saturated rings. The average Bonchev–Trinajstić information content (AvgIpc) is 3.19. The Bertz CT molecular complexity index is 1640. The van der Waals surface area contributed by atoms with Gasteiger partial charge in [-0.2, -0.15) is 0 Å². The molecule has 4 rings (SSSR count). The number of likely N-dealkylation sites (N-methyl/N-ethyl adjacent to an activating group) is 1. The van der Waals surface area contributed by atoms with Crippen LogP contribution in [-0.4, -0.2) is 47.4 Å². The number of pyridine rings is 1. The van der Waals surface area contributed by atoms with Gasteiger partial charge in [0.15, 0.2) is 0 Å². The van der Waals surface area contributed by atoms with Gasteiger partial charge in [0, 0.05) is 37.8 Å². The maximum atomic E-state index is 15.3. The summed E-state index contributed by atoms with van der Waals surface area (Å²) in [6.07, 6.45) is 2.04. The van der Waals surface area contributed by atoms with Crippen LogP contribution in [0, 0.1) is 5.82 Å². The molecule has 0 aliphatic carbocycles. The first-order valence-electron chi connectivity index (χ1n) is 11.2. The molecule has 0 aliphatic heterocycles. The third-order valence-corrected chi connectivity index (χ3v) is 6.93. The number of aromatic nitrogens is 3. The molecule has 0 saturated heterocycles. The second-order valence-corrected chi connectivity index (χ2v) is 10.1. The smallest absolute Gasteiger partial charge is 0.277 e. The highest BCUT2D eigenvalue weighted by Gasteiger charge is 2.19. The minimum Gasteiger partial charge on any atom is -0.347 e. The molecule has 0 bridgehead atoms. The molecular weight excluding hydrogens is 485 g/mol. The van der Waals surface area contributed by atoms with Crippen LogP contribution in [0.4, 0.5) is 4.39 Å². The molecular formula is C25H26FN5O4S. The summed E-state index contributed by atoms with van der Waals surface area (Å²) in [6.45, 7) is 1.79. The second kappa shape index (κ2) is 9.67. The number of imidazole rings is 1. The zero-order valence-corrected chi connectivity index (χ0v) is 20.9. The summed E-state index contributed by atoms with van der Waals surface area (Å²) in [5, 5.41) is 5.32. The van der Waals surface area contributed by atoms with Crippen LogP contribution in [0.15, 0.2) is 64.4 Å². The van der Waals surface area contributed by atoms with Gasteiger partial charge in [0.05, 0.1) is 17.0 Å². The van der Waals surface area contributed by atoms with Gasteiger partial charge in [-0.05, 0) is 23.8 Å². The Morgan fingerprint density at radius 2 is 1.86 bits per heavy atom. The number of halogens is 1.